The molecule has 0 spiro atoms. The number of rotatable bonds is 7. The highest BCUT2D eigenvalue weighted by molar-refractivity contribution is 7.87. The monoisotopic (exact) mass is 575 g/mol. The molecule has 41 heavy (non-hydrogen) atoms. The molecule has 7 rings (SSSR count). The number of hydrogen-bond donors (Lipinski definition) is 0. The summed E-state index contributed by atoms with van der Waals surface area (Å²) in [7, 11) is -2.52. The molecule has 0 N–H and O–H groups in total. The van der Waals surface area contributed by atoms with Gasteiger partial charge in [0.05, 0.1) is 7.11 Å². The Morgan fingerprint density at radius 3 is 2.46 bits per heavy atom. The molecule has 0 saturated heterocycles. The molecule has 1 aliphatic carbocycles. The molecule has 7 nitrogen and oxygen atoms in total. The Hall–Kier alpha value is -3.23. The molecular weight excluding hydrogens is 538 g/mol. The molecule has 3 aliphatic heterocycles. The van der Waals surface area contributed by atoms with Crippen LogP contribution >= 0.6 is 0 Å². The summed E-state index contributed by atoms with van der Waals surface area (Å²) in [5.41, 5.74) is 5.61. The smallest absolute Gasteiger partial charge is 0.339 e. The molecule has 216 valence electrons. The predicted molar refractivity (Wildman–Crippen MR) is 155 cm³/mol. The molecule has 0 bridgehead atoms. The maximum atomic E-state index is 13.6. The van der Waals surface area contributed by atoms with Gasteiger partial charge in [-0.25, -0.2) is 0 Å². The molecule has 1 saturated carbocycles. The molecule has 3 heterocycles. The number of ether oxygens (including phenoxy) is 3. The first-order valence-electron chi connectivity index (χ1n) is 14.6. The van der Waals surface area contributed by atoms with E-state index in [1.807, 2.05) is 24.3 Å². The Morgan fingerprint density at radius 1 is 1.00 bits per heavy atom. The zero-order valence-corrected chi connectivity index (χ0v) is 24.8. The Labute approximate surface area is 242 Å². The van der Waals surface area contributed by atoms with Gasteiger partial charge in [-0.2, -0.15) is 8.42 Å². The van der Waals surface area contributed by atoms with Gasteiger partial charge in [0.2, 0.25) is 6.79 Å². The maximum Gasteiger partial charge on any atom is 0.339 e. The Bertz CT molecular complexity index is 1590. The van der Waals surface area contributed by atoms with Crippen LogP contribution in [0.5, 0.6) is 23.0 Å². The van der Waals surface area contributed by atoms with E-state index in [0.29, 0.717) is 12.3 Å². The van der Waals surface area contributed by atoms with Crippen molar-refractivity contribution in [3.05, 3.63) is 76.3 Å². The standard InChI is InChI=1S/C33H37NO6S/c1-33(2,18-21-5-4-6-21)24-8-10-25(11-9-24)41(35,36)40-32-27-19-34-14-13-23-16-30-31(39-20-38-30)17-26(23)28(34)15-22(27)7-12-29(32)37-3/h7-12,16-17,21,28H,4-6,13-15,18-20H2,1-3H3. The second-order valence-corrected chi connectivity index (χ2v) is 14.1. The van der Waals surface area contributed by atoms with Crippen LogP contribution in [-0.2, 0) is 34.9 Å². The van der Waals surface area contributed by atoms with E-state index in [2.05, 4.69) is 30.9 Å². The summed E-state index contributed by atoms with van der Waals surface area (Å²) in [5.74, 6) is 3.08. The van der Waals surface area contributed by atoms with Crippen LogP contribution in [-0.4, -0.2) is 33.8 Å². The molecule has 1 atom stereocenters. The van der Waals surface area contributed by atoms with E-state index in [9.17, 15) is 8.42 Å². The van der Waals surface area contributed by atoms with Gasteiger partial charge < -0.3 is 18.4 Å². The van der Waals surface area contributed by atoms with Gasteiger partial charge in [-0.15, -0.1) is 0 Å². The summed E-state index contributed by atoms with van der Waals surface area (Å²) in [4.78, 5) is 2.54. The van der Waals surface area contributed by atoms with E-state index in [1.165, 1.54) is 30.4 Å². The summed E-state index contributed by atoms with van der Waals surface area (Å²) < 4.78 is 50.0. The summed E-state index contributed by atoms with van der Waals surface area (Å²) in [5, 5.41) is 0. The molecule has 4 aliphatic rings. The maximum absolute atomic E-state index is 13.6. The third-order valence-electron chi connectivity index (χ3n) is 9.56. The van der Waals surface area contributed by atoms with Crippen LogP contribution in [0.4, 0.5) is 0 Å². The Balaban J connectivity index is 1.17. The van der Waals surface area contributed by atoms with E-state index in [0.717, 1.165) is 59.9 Å². The van der Waals surface area contributed by atoms with Crippen LogP contribution in [0.15, 0.2) is 53.4 Å². The van der Waals surface area contributed by atoms with Gasteiger partial charge in [-0.3, -0.25) is 4.90 Å². The number of fused-ring (bicyclic) bond motifs is 5. The van der Waals surface area contributed by atoms with Crippen molar-refractivity contribution in [1.82, 2.24) is 4.90 Å². The van der Waals surface area contributed by atoms with Crippen LogP contribution in [0, 0.1) is 5.92 Å². The van der Waals surface area contributed by atoms with Crippen molar-refractivity contribution < 1.29 is 26.8 Å². The molecule has 1 unspecified atom stereocenters. The average Bonchev–Trinajstić information content (AvgIpc) is 3.41. The van der Waals surface area contributed by atoms with Gasteiger partial charge in [0.1, 0.15) is 4.90 Å². The highest BCUT2D eigenvalue weighted by Crippen LogP contribution is 2.47. The third kappa shape index (κ3) is 4.75. The first-order chi connectivity index (χ1) is 19.7. The summed E-state index contributed by atoms with van der Waals surface area (Å²) in [6.07, 6.45) is 6.66. The zero-order chi connectivity index (χ0) is 28.4. The van der Waals surface area contributed by atoms with Crippen molar-refractivity contribution in [2.45, 2.75) is 75.3 Å². The van der Waals surface area contributed by atoms with Crippen molar-refractivity contribution in [3.63, 3.8) is 0 Å². The number of hydrogen-bond acceptors (Lipinski definition) is 7. The van der Waals surface area contributed by atoms with Crippen molar-refractivity contribution in [2.24, 2.45) is 5.92 Å². The van der Waals surface area contributed by atoms with Gasteiger partial charge in [-0.05, 0) is 83.2 Å². The first kappa shape index (κ1) is 26.7. The van der Waals surface area contributed by atoms with Gasteiger partial charge >= 0.3 is 10.1 Å². The highest BCUT2D eigenvalue weighted by atomic mass is 32.2. The van der Waals surface area contributed by atoms with E-state index in [4.69, 9.17) is 18.4 Å². The first-order valence-corrected chi connectivity index (χ1v) is 16.0. The number of methoxy groups -OCH3 is 1. The van der Waals surface area contributed by atoms with Crippen LogP contribution in [0.2, 0.25) is 0 Å². The fraction of sp³-hybridized carbons (Fsp3) is 0.455. The third-order valence-corrected chi connectivity index (χ3v) is 10.8. The zero-order valence-electron chi connectivity index (χ0n) is 23.9. The lowest BCUT2D eigenvalue weighted by Crippen LogP contribution is -2.39. The van der Waals surface area contributed by atoms with E-state index in [1.54, 1.807) is 19.2 Å². The molecule has 8 heteroatoms. The van der Waals surface area contributed by atoms with E-state index < -0.39 is 10.1 Å². The number of benzene rings is 3. The molecule has 0 amide bonds. The summed E-state index contributed by atoms with van der Waals surface area (Å²) in [6.45, 7) is 6.17. The van der Waals surface area contributed by atoms with Crippen LogP contribution < -0.4 is 18.4 Å². The van der Waals surface area contributed by atoms with E-state index >= 15 is 0 Å². The number of nitrogens with zero attached hydrogens (tertiary/aromatic N) is 1. The molecule has 0 radical (unpaired) electrons. The van der Waals surface area contributed by atoms with Crippen LogP contribution in [0.3, 0.4) is 0 Å². The quantitative estimate of drug-likeness (QED) is 0.306. The van der Waals surface area contributed by atoms with Gasteiger partial charge in [-0.1, -0.05) is 51.3 Å². The van der Waals surface area contributed by atoms with Crippen molar-refractivity contribution in [3.8, 4) is 23.0 Å². The minimum Gasteiger partial charge on any atom is -0.493 e. The molecule has 3 aromatic carbocycles. The minimum absolute atomic E-state index is 0.00120. The Kier molecular flexibility index (Phi) is 6.47. The molecule has 3 aromatic rings. The Morgan fingerprint density at radius 2 is 1.76 bits per heavy atom. The van der Waals surface area contributed by atoms with Crippen LogP contribution in [0.25, 0.3) is 0 Å². The van der Waals surface area contributed by atoms with Gasteiger partial charge in [0.15, 0.2) is 23.0 Å². The second kappa shape index (κ2) is 9.95. The van der Waals surface area contributed by atoms with Crippen molar-refractivity contribution in [2.75, 3.05) is 20.4 Å². The molecule has 0 aromatic heterocycles. The fourth-order valence-electron chi connectivity index (χ4n) is 7.01. The van der Waals surface area contributed by atoms with Crippen molar-refractivity contribution in [1.29, 1.82) is 0 Å². The average molecular weight is 576 g/mol. The molecule has 1 fully saturated rings. The van der Waals surface area contributed by atoms with Crippen molar-refractivity contribution >= 4 is 10.1 Å². The second-order valence-electron chi connectivity index (χ2n) is 12.5. The summed E-state index contributed by atoms with van der Waals surface area (Å²) >= 11 is 0. The summed E-state index contributed by atoms with van der Waals surface area (Å²) in [6, 6.07) is 15.5. The minimum atomic E-state index is -4.07. The topological polar surface area (TPSA) is 74.3 Å². The molecular formula is C33H37NO6S. The van der Waals surface area contributed by atoms with Gasteiger partial charge in [0.25, 0.3) is 0 Å². The van der Waals surface area contributed by atoms with Gasteiger partial charge in [0, 0.05) is 24.7 Å². The normalized spacial score (nSPS) is 20.0. The largest absolute Gasteiger partial charge is 0.493 e. The lowest BCUT2D eigenvalue weighted by Gasteiger charge is -2.42. The van der Waals surface area contributed by atoms with E-state index in [-0.39, 0.29) is 28.9 Å². The predicted octanol–water partition coefficient (Wildman–Crippen LogP) is 6.31. The SMILES string of the molecule is COc1ccc2c(c1OS(=O)(=O)c1ccc(C(C)(C)CC3CCC3)cc1)CN1CCc3cc4c(cc3C1C2)OCO4. The lowest BCUT2D eigenvalue weighted by molar-refractivity contribution is 0.159. The highest BCUT2D eigenvalue weighted by Gasteiger charge is 2.37. The lowest BCUT2D eigenvalue weighted by atomic mass is 9.71. The van der Waals surface area contributed by atoms with Crippen LogP contribution in [0.1, 0.15) is 73.4 Å². The fourth-order valence-corrected chi connectivity index (χ4v) is 7.98.